The summed E-state index contributed by atoms with van der Waals surface area (Å²) in [5.41, 5.74) is 0.720. The first-order valence-electron chi connectivity index (χ1n) is 7.16. The highest BCUT2D eigenvalue weighted by Crippen LogP contribution is 2.21. The lowest BCUT2D eigenvalue weighted by molar-refractivity contribution is -0.0872. The first-order chi connectivity index (χ1) is 9.56. The number of hydrogen-bond donors (Lipinski definition) is 1. The zero-order valence-electron chi connectivity index (χ0n) is 12.4. The molecule has 0 saturated carbocycles. The molecule has 5 nitrogen and oxygen atoms in total. The van der Waals surface area contributed by atoms with E-state index in [-0.39, 0.29) is 11.6 Å². The van der Waals surface area contributed by atoms with Gasteiger partial charge in [0.2, 0.25) is 0 Å². The molecule has 1 saturated heterocycles. The number of carbonyl (C=O) groups excluding carboxylic acids is 1. The molecule has 1 fully saturated rings. The van der Waals surface area contributed by atoms with Crippen LogP contribution in [0, 0.1) is 0 Å². The molecule has 1 aliphatic rings. The van der Waals surface area contributed by atoms with E-state index in [4.69, 9.17) is 4.74 Å². The topological polar surface area (TPSA) is 54.5 Å². The Hall–Kier alpha value is -1.14. The van der Waals surface area contributed by atoms with Gasteiger partial charge in [-0.15, -0.1) is 11.3 Å². The largest absolute Gasteiger partial charge is 0.372 e. The third-order valence-corrected chi connectivity index (χ3v) is 4.74. The first-order valence-corrected chi connectivity index (χ1v) is 8.04. The van der Waals surface area contributed by atoms with Crippen LogP contribution in [0.25, 0.3) is 0 Å². The van der Waals surface area contributed by atoms with E-state index in [1.54, 1.807) is 11.3 Å². The second-order valence-electron chi connectivity index (χ2n) is 5.32. The number of aromatic nitrogens is 1. The lowest BCUT2D eigenvalue weighted by atomic mass is 10.0. The fourth-order valence-electron chi connectivity index (χ4n) is 2.19. The van der Waals surface area contributed by atoms with Crippen LogP contribution in [0.5, 0.6) is 0 Å². The molecule has 0 spiro atoms. The van der Waals surface area contributed by atoms with E-state index >= 15 is 0 Å². The molecule has 2 rings (SSSR count). The molecule has 0 radical (unpaired) electrons. The maximum absolute atomic E-state index is 12.2. The van der Waals surface area contributed by atoms with Gasteiger partial charge in [-0.25, -0.2) is 9.78 Å². The monoisotopic (exact) mass is 297 g/mol. The van der Waals surface area contributed by atoms with Crippen molar-refractivity contribution in [3.8, 4) is 0 Å². The van der Waals surface area contributed by atoms with Crippen molar-refractivity contribution in [2.24, 2.45) is 0 Å². The number of nitrogens with zero attached hydrogens (tertiary/aromatic N) is 2. The van der Waals surface area contributed by atoms with Crippen molar-refractivity contribution in [2.75, 3.05) is 19.7 Å². The van der Waals surface area contributed by atoms with Crippen LogP contribution < -0.4 is 5.32 Å². The lowest BCUT2D eigenvalue weighted by Gasteiger charge is -2.39. The summed E-state index contributed by atoms with van der Waals surface area (Å²) in [4.78, 5) is 18.5. The Morgan fingerprint density at radius 1 is 1.60 bits per heavy atom. The molecule has 112 valence electrons. The second kappa shape index (κ2) is 6.54. The second-order valence-corrected chi connectivity index (χ2v) is 6.26. The van der Waals surface area contributed by atoms with E-state index in [9.17, 15) is 4.79 Å². The van der Waals surface area contributed by atoms with Gasteiger partial charge in [0.25, 0.3) is 0 Å². The summed E-state index contributed by atoms with van der Waals surface area (Å²) < 4.78 is 5.74. The number of morpholine rings is 1. The predicted molar refractivity (Wildman–Crippen MR) is 79.9 cm³/mol. The number of urea groups is 1. The van der Waals surface area contributed by atoms with Gasteiger partial charge in [0.15, 0.2) is 0 Å². The highest BCUT2D eigenvalue weighted by atomic mass is 32.1. The molecule has 6 heteroatoms. The molecule has 1 aromatic rings. The van der Waals surface area contributed by atoms with Gasteiger partial charge < -0.3 is 15.0 Å². The molecule has 0 aromatic carbocycles. The van der Waals surface area contributed by atoms with Crippen molar-refractivity contribution in [1.29, 1.82) is 0 Å². The minimum Gasteiger partial charge on any atom is -0.372 e. The van der Waals surface area contributed by atoms with Crippen molar-refractivity contribution in [1.82, 2.24) is 15.2 Å². The first kappa shape index (κ1) is 15.3. The Morgan fingerprint density at radius 3 is 3.05 bits per heavy atom. The molecule has 1 N–H and O–H groups in total. The molecular formula is C14H23N3O2S. The van der Waals surface area contributed by atoms with Crippen LogP contribution in [0.3, 0.4) is 0 Å². The van der Waals surface area contributed by atoms with Gasteiger partial charge in [0, 0.05) is 11.9 Å². The zero-order chi connectivity index (χ0) is 14.6. The number of nitrogens with one attached hydrogen (secondary N) is 1. The van der Waals surface area contributed by atoms with Crippen LogP contribution >= 0.6 is 11.3 Å². The summed E-state index contributed by atoms with van der Waals surface area (Å²) >= 11 is 1.64. The van der Waals surface area contributed by atoms with E-state index in [1.807, 2.05) is 10.3 Å². The molecule has 0 bridgehead atoms. The molecule has 1 aliphatic heterocycles. The highest BCUT2D eigenvalue weighted by molar-refractivity contribution is 7.09. The summed E-state index contributed by atoms with van der Waals surface area (Å²) in [5.74, 6) is 0. The van der Waals surface area contributed by atoms with Gasteiger partial charge >= 0.3 is 6.03 Å². The Kier molecular flexibility index (Phi) is 4.99. The van der Waals surface area contributed by atoms with Crippen LogP contribution in [-0.2, 0) is 17.7 Å². The molecule has 1 atom stereocenters. The van der Waals surface area contributed by atoms with Crippen LogP contribution in [0.15, 0.2) is 5.38 Å². The lowest BCUT2D eigenvalue weighted by Crippen LogP contribution is -2.54. The normalized spacial score (nSPS) is 22.9. The third-order valence-electron chi connectivity index (χ3n) is 3.69. The fraction of sp³-hybridized carbons (Fsp3) is 0.714. The van der Waals surface area contributed by atoms with Gasteiger partial charge in [-0.1, -0.05) is 13.8 Å². The van der Waals surface area contributed by atoms with Crippen molar-refractivity contribution >= 4 is 17.4 Å². The fourth-order valence-corrected chi connectivity index (χ4v) is 2.93. The third kappa shape index (κ3) is 3.70. The average molecular weight is 297 g/mol. The molecule has 20 heavy (non-hydrogen) atoms. The number of thiazole rings is 1. The Labute approximate surface area is 124 Å². The Bertz CT molecular complexity index is 463. The SMILES string of the molecule is CCc1nc(CNC(=O)N2CCO[C@@](C)(CC)C2)cs1. The van der Waals surface area contributed by atoms with E-state index < -0.39 is 0 Å². The Morgan fingerprint density at radius 2 is 2.40 bits per heavy atom. The van der Waals surface area contributed by atoms with Crippen LogP contribution in [0.4, 0.5) is 4.79 Å². The van der Waals surface area contributed by atoms with Gasteiger partial charge in [-0.05, 0) is 19.8 Å². The van der Waals surface area contributed by atoms with E-state index in [1.165, 1.54) is 0 Å². The molecule has 1 aromatic heterocycles. The average Bonchev–Trinajstić information content (AvgIpc) is 2.93. The van der Waals surface area contributed by atoms with E-state index in [2.05, 4.69) is 31.1 Å². The zero-order valence-corrected chi connectivity index (χ0v) is 13.3. The smallest absolute Gasteiger partial charge is 0.317 e. The summed E-state index contributed by atoms with van der Waals surface area (Å²) in [6.07, 6.45) is 1.85. The number of carbonyl (C=O) groups is 1. The number of rotatable bonds is 4. The van der Waals surface area contributed by atoms with Crippen LogP contribution in [-0.4, -0.2) is 41.2 Å². The molecule has 2 amide bonds. The van der Waals surface area contributed by atoms with Crippen LogP contribution in [0.2, 0.25) is 0 Å². The minimum absolute atomic E-state index is 0.0287. The highest BCUT2D eigenvalue weighted by Gasteiger charge is 2.32. The Balaban J connectivity index is 1.85. The van der Waals surface area contributed by atoms with Gasteiger partial charge in [0.1, 0.15) is 0 Å². The summed E-state index contributed by atoms with van der Waals surface area (Å²) in [7, 11) is 0. The molecule has 0 unspecified atom stereocenters. The van der Waals surface area contributed by atoms with Crippen molar-refractivity contribution < 1.29 is 9.53 Å². The van der Waals surface area contributed by atoms with E-state index in [0.717, 1.165) is 23.5 Å². The van der Waals surface area contributed by atoms with Gasteiger partial charge in [-0.3, -0.25) is 0 Å². The maximum Gasteiger partial charge on any atom is 0.317 e. The molecular weight excluding hydrogens is 274 g/mol. The quantitative estimate of drug-likeness (QED) is 0.928. The number of hydrogen-bond acceptors (Lipinski definition) is 4. The maximum atomic E-state index is 12.2. The molecule has 0 aliphatic carbocycles. The van der Waals surface area contributed by atoms with Gasteiger partial charge in [-0.2, -0.15) is 0 Å². The van der Waals surface area contributed by atoms with E-state index in [0.29, 0.717) is 26.2 Å². The van der Waals surface area contributed by atoms with Gasteiger partial charge in [0.05, 0.1) is 36.0 Å². The van der Waals surface area contributed by atoms with Crippen molar-refractivity contribution in [3.63, 3.8) is 0 Å². The van der Waals surface area contributed by atoms with Crippen molar-refractivity contribution in [2.45, 2.75) is 45.8 Å². The number of amides is 2. The minimum atomic E-state index is -0.217. The standard InChI is InChI=1S/C14H23N3O2S/c1-4-12-16-11(9-20-12)8-15-13(18)17-6-7-19-14(3,5-2)10-17/h9H,4-8,10H2,1-3H3,(H,15,18)/t14-/m0/s1. The number of aryl methyl sites for hydroxylation is 1. The predicted octanol–water partition coefficient (Wildman–Crippen LogP) is 2.42. The summed E-state index contributed by atoms with van der Waals surface area (Å²) in [6, 6.07) is -0.0287. The van der Waals surface area contributed by atoms with Crippen molar-refractivity contribution in [3.05, 3.63) is 16.1 Å². The summed E-state index contributed by atoms with van der Waals surface area (Å²) in [6.45, 7) is 8.62. The summed E-state index contributed by atoms with van der Waals surface area (Å²) in [5, 5.41) is 6.06. The molecule has 2 heterocycles. The number of ether oxygens (including phenoxy) is 1. The van der Waals surface area contributed by atoms with Crippen LogP contribution in [0.1, 0.15) is 37.9 Å².